The summed E-state index contributed by atoms with van der Waals surface area (Å²) in [5, 5.41) is 0.149. The van der Waals surface area contributed by atoms with Crippen LogP contribution in [-0.4, -0.2) is 19.8 Å². The van der Waals surface area contributed by atoms with Crippen molar-refractivity contribution in [2.75, 3.05) is 11.3 Å². The van der Waals surface area contributed by atoms with Crippen LogP contribution in [-0.2, 0) is 9.84 Å². The van der Waals surface area contributed by atoms with Gasteiger partial charge in [0.25, 0.3) is 0 Å². The summed E-state index contributed by atoms with van der Waals surface area (Å²) >= 11 is 1.35. The highest BCUT2D eigenvalue weighted by Gasteiger charge is 2.02. The Bertz CT molecular complexity index is 365. The van der Waals surface area contributed by atoms with Gasteiger partial charge >= 0.3 is 0 Å². The molecule has 0 atom stereocenters. The number of aryl methyl sites for hydroxylation is 1. The Hall–Kier alpha value is -0.480. The monoisotopic (exact) mass is 216 g/mol. The molecule has 0 fully saturated rings. The molecular formula is C9H12O2S2. The van der Waals surface area contributed by atoms with Crippen molar-refractivity contribution in [3.63, 3.8) is 0 Å². The van der Waals surface area contributed by atoms with E-state index in [0.717, 1.165) is 4.90 Å². The molecule has 1 rings (SSSR count). The molecule has 0 unspecified atom stereocenters. The first-order chi connectivity index (χ1) is 5.97. The highest BCUT2D eigenvalue weighted by atomic mass is 32.3. The summed E-state index contributed by atoms with van der Waals surface area (Å²) in [6.45, 7) is 2.00. The third kappa shape index (κ3) is 4.33. The van der Waals surface area contributed by atoms with E-state index in [2.05, 4.69) is 0 Å². The second kappa shape index (κ2) is 4.15. The number of hydrogen-bond acceptors (Lipinski definition) is 3. The predicted octanol–water partition coefficient (Wildman–Crippen LogP) is 2.09. The molecule has 0 aliphatic rings. The van der Waals surface area contributed by atoms with Gasteiger partial charge < -0.3 is 0 Å². The maximum Gasteiger partial charge on any atom is 0.157 e. The van der Waals surface area contributed by atoms with Crippen LogP contribution in [0.15, 0.2) is 29.2 Å². The normalized spacial score (nSPS) is 11.5. The molecule has 0 heterocycles. The fourth-order valence-electron chi connectivity index (χ4n) is 0.810. The minimum atomic E-state index is -2.87. The second-order valence-electron chi connectivity index (χ2n) is 3.00. The van der Waals surface area contributed by atoms with Crippen LogP contribution in [0.5, 0.6) is 0 Å². The first kappa shape index (κ1) is 10.6. The zero-order valence-corrected chi connectivity index (χ0v) is 9.28. The van der Waals surface area contributed by atoms with E-state index < -0.39 is 9.84 Å². The van der Waals surface area contributed by atoms with Gasteiger partial charge in [0.05, 0.1) is 0 Å². The van der Waals surface area contributed by atoms with Crippen LogP contribution in [0, 0.1) is 6.92 Å². The molecule has 0 aromatic heterocycles. The van der Waals surface area contributed by atoms with Crippen LogP contribution in [0.2, 0.25) is 0 Å². The first-order valence-corrected chi connectivity index (χ1v) is 6.89. The topological polar surface area (TPSA) is 34.1 Å². The van der Waals surface area contributed by atoms with E-state index in [-0.39, 0.29) is 5.08 Å². The molecule has 0 N–H and O–H groups in total. The Morgan fingerprint density at radius 2 is 1.77 bits per heavy atom. The summed E-state index contributed by atoms with van der Waals surface area (Å²) in [5.74, 6) is 0. The summed E-state index contributed by atoms with van der Waals surface area (Å²) in [5.41, 5.74) is 1.18. The molecule has 72 valence electrons. The Balaban J connectivity index is 2.61. The number of benzene rings is 1. The molecule has 1 aromatic rings. The lowest BCUT2D eigenvalue weighted by atomic mass is 10.2. The summed E-state index contributed by atoms with van der Waals surface area (Å²) in [4.78, 5) is 0.996. The Labute approximate surface area is 83.3 Å². The van der Waals surface area contributed by atoms with Crippen LogP contribution in [0.3, 0.4) is 0 Å². The van der Waals surface area contributed by atoms with Crippen molar-refractivity contribution >= 4 is 21.6 Å². The average molecular weight is 216 g/mol. The smallest absolute Gasteiger partial charge is 0.157 e. The molecule has 0 bridgehead atoms. The van der Waals surface area contributed by atoms with Gasteiger partial charge in [-0.25, -0.2) is 8.42 Å². The molecule has 0 saturated heterocycles. The molecule has 0 aliphatic carbocycles. The number of rotatable bonds is 3. The molecule has 13 heavy (non-hydrogen) atoms. The van der Waals surface area contributed by atoms with Crippen LogP contribution in [0.25, 0.3) is 0 Å². The maximum atomic E-state index is 10.9. The van der Waals surface area contributed by atoms with Gasteiger partial charge in [-0.05, 0) is 19.1 Å². The number of sulfone groups is 1. The molecule has 0 amide bonds. The molecule has 0 spiro atoms. The molecule has 4 heteroatoms. The third-order valence-electron chi connectivity index (χ3n) is 1.46. The van der Waals surface area contributed by atoms with Gasteiger partial charge in [0.15, 0.2) is 9.84 Å². The Morgan fingerprint density at radius 1 is 1.23 bits per heavy atom. The summed E-state index contributed by atoms with van der Waals surface area (Å²) in [6.07, 6.45) is 1.24. The van der Waals surface area contributed by atoms with Crippen molar-refractivity contribution in [3.8, 4) is 0 Å². The second-order valence-corrected chi connectivity index (χ2v) is 6.56. The summed E-state index contributed by atoms with van der Waals surface area (Å²) < 4.78 is 21.7. The van der Waals surface area contributed by atoms with Gasteiger partial charge in [-0.2, -0.15) is 0 Å². The zero-order valence-electron chi connectivity index (χ0n) is 7.65. The summed E-state index contributed by atoms with van der Waals surface area (Å²) in [6, 6.07) is 7.82. The molecule has 2 nitrogen and oxygen atoms in total. The van der Waals surface area contributed by atoms with Crippen molar-refractivity contribution in [2.45, 2.75) is 11.8 Å². The molecular weight excluding hydrogens is 204 g/mol. The van der Waals surface area contributed by atoms with Gasteiger partial charge in [0.1, 0.15) is 5.08 Å². The van der Waals surface area contributed by atoms with Gasteiger partial charge in [-0.3, -0.25) is 0 Å². The van der Waals surface area contributed by atoms with Crippen molar-refractivity contribution < 1.29 is 8.42 Å². The van der Waals surface area contributed by atoms with Gasteiger partial charge in [0, 0.05) is 11.2 Å². The SMILES string of the molecule is Cc1ccc(SCS(C)(=O)=O)cc1. The van der Waals surface area contributed by atoms with E-state index in [0.29, 0.717) is 0 Å². The third-order valence-corrected chi connectivity index (χ3v) is 4.25. The van der Waals surface area contributed by atoms with E-state index in [1.54, 1.807) is 0 Å². The molecule has 0 aliphatic heterocycles. The van der Waals surface area contributed by atoms with Crippen LogP contribution in [0.1, 0.15) is 5.56 Å². The Kier molecular flexibility index (Phi) is 3.39. The van der Waals surface area contributed by atoms with E-state index >= 15 is 0 Å². The van der Waals surface area contributed by atoms with Gasteiger partial charge in [0.2, 0.25) is 0 Å². The van der Waals surface area contributed by atoms with Crippen molar-refractivity contribution in [3.05, 3.63) is 29.8 Å². The van der Waals surface area contributed by atoms with E-state index in [4.69, 9.17) is 0 Å². The standard InChI is InChI=1S/C9H12O2S2/c1-8-3-5-9(6-4-8)12-7-13(2,10)11/h3-6H,7H2,1-2H3. The van der Waals surface area contributed by atoms with E-state index in [1.165, 1.54) is 23.6 Å². The minimum absolute atomic E-state index is 0.149. The van der Waals surface area contributed by atoms with Gasteiger partial charge in [-0.1, -0.05) is 17.7 Å². The minimum Gasteiger partial charge on any atom is -0.228 e. The lowest BCUT2D eigenvalue weighted by Crippen LogP contribution is -1.98. The van der Waals surface area contributed by atoms with E-state index in [1.807, 2.05) is 31.2 Å². The van der Waals surface area contributed by atoms with Gasteiger partial charge in [-0.15, -0.1) is 11.8 Å². The fourth-order valence-corrected chi connectivity index (χ4v) is 2.54. The lowest BCUT2D eigenvalue weighted by Gasteiger charge is -1.99. The predicted molar refractivity (Wildman–Crippen MR) is 56.7 cm³/mol. The number of thioether (sulfide) groups is 1. The molecule has 0 radical (unpaired) electrons. The van der Waals surface area contributed by atoms with E-state index in [9.17, 15) is 8.42 Å². The first-order valence-electron chi connectivity index (χ1n) is 3.84. The van der Waals surface area contributed by atoms with Crippen molar-refractivity contribution in [2.24, 2.45) is 0 Å². The molecule has 0 saturated carbocycles. The highest BCUT2D eigenvalue weighted by Crippen LogP contribution is 2.19. The average Bonchev–Trinajstić information content (AvgIpc) is 2.02. The maximum absolute atomic E-state index is 10.9. The number of hydrogen-bond donors (Lipinski definition) is 0. The summed E-state index contributed by atoms with van der Waals surface area (Å²) in [7, 11) is -2.87. The van der Waals surface area contributed by atoms with Crippen LogP contribution in [0.4, 0.5) is 0 Å². The Morgan fingerprint density at radius 3 is 2.23 bits per heavy atom. The van der Waals surface area contributed by atoms with Crippen LogP contribution < -0.4 is 0 Å². The quantitative estimate of drug-likeness (QED) is 0.726. The molecule has 1 aromatic carbocycles. The van der Waals surface area contributed by atoms with Crippen LogP contribution >= 0.6 is 11.8 Å². The zero-order chi connectivity index (χ0) is 9.90. The largest absolute Gasteiger partial charge is 0.228 e. The van der Waals surface area contributed by atoms with Crippen molar-refractivity contribution in [1.82, 2.24) is 0 Å². The highest BCUT2D eigenvalue weighted by molar-refractivity contribution is 8.12. The van der Waals surface area contributed by atoms with Crippen molar-refractivity contribution in [1.29, 1.82) is 0 Å². The lowest BCUT2D eigenvalue weighted by molar-refractivity contribution is 0.606. The fraction of sp³-hybridized carbons (Fsp3) is 0.333.